The van der Waals surface area contributed by atoms with Gasteiger partial charge in [-0.05, 0) is 81.1 Å². The van der Waals surface area contributed by atoms with Crippen LogP contribution in [0.5, 0.6) is 5.75 Å². The first-order chi connectivity index (χ1) is 13.2. The van der Waals surface area contributed by atoms with Crippen LogP contribution in [0.25, 0.3) is 11.5 Å². The first kappa shape index (κ1) is 17.3. The Labute approximate surface area is 157 Å². The van der Waals surface area contributed by atoms with Crippen molar-refractivity contribution in [3.63, 3.8) is 0 Å². The number of nitrogens with zero attached hydrogens (tertiary/aromatic N) is 2. The van der Waals surface area contributed by atoms with Gasteiger partial charge in [0.2, 0.25) is 0 Å². The molecule has 6 nitrogen and oxygen atoms in total. The van der Waals surface area contributed by atoms with Gasteiger partial charge in [-0.1, -0.05) is 5.16 Å². The maximum Gasteiger partial charge on any atom is 0.257 e. The standard InChI is InChI=1S/C21H21N3O3/c1-14-22-21(27-24-14)16-8-6-15(7-9-16)20(25)23-17-10-12-19(13-11-17)26-18-4-2-3-5-18/h6-13,18H,2-5H2,1H3,(H,23,25). The number of carbonyl (C=O) groups excluding carboxylic acids is 1. The number of hydrogen-bond acceptors (Lipinski definition) is 5. The zero-order valence-electron chi connectivity index (χ0n) is 15.1. The van der Waals surface area contributed by atoms with E-state index in [0.717, 1.165) is 29.8 Å². The van der Waals surface area contributed by atoms with Crippen LogP contribution in [0.3, 0.4) is 0 Å². The molecule has 1 saturated carbocycles. The topological polar surface area (TPSA) is 77.2 Å². The van der Waals surface area contributed by atoms with Crippen LogP contribution >= 0.6 is 0 Å². The lowest BCUT2D eigenvalue weighted by Gasteiger charge is -2.13. The number of aryl methyl sites for hydroxylation is 1. The molecular formula is C21H21N3O3. The van der Waals surface area contributed by atoms with E-state index in [4.69, 9.17) is 9.26 Å². The normalized spacial score (nSPS) is 14.3. The largest absolute Gasteiger partial charge is 0.490 e. The van der Waals surface area contributed by atoms with E-state index in [1.807, 2.05) is 24.3 Å². The fraction of sp³-hybridized carbons (Fsp3) is 0.286. The highest BCUT2D eigenvalue weighted by Gasteiger charge is 2.16. The van der Waals surface area contributed by atoms with E-state index in [2.05, 4.69) is 15.5 Å². The highest BCUT2D eigenvalue weighted by atomic mass is 16.5. The molecule has 3 aromatic rings. The van der Waals surface area contributed by atoms with Crippen molar-refractivity contribution in [2.45, 2.75) is 38.7 Å². The zero-order chi connectivity index (χ0) is 18.6. The van der Waals surface area contributed by atoms with Gasteiger partial charge >= 0.3 is 0 Å². The number of benzene rings is 2. The first-order valence-electron chi connectivity index (χ1n) is 9.16. The van der Waals surface area contributed by atoms with Crippen molar-refractivity contribution in [2.75, 3.05) is 5.32 Å². The predicted octanol–water partition coefficient (Wildman–Crippen LogP) is 4.62. The Morgan fingerprint density at radius 2 is 1.78 bits per heavy atom. The second-order valence-corrected chi connectivity index (χ2v) is 6.73. The second-order valence-electron chi connectivity index (χ2n) is 6.73. The molecule has 0 radical (unpaired) electrons. The Hall–Kier alpha value is -3.15. The fourth-order valence-corrected chi connectivity index (χ4v) is 3.20. The van der Waals surface area contributed by atoms with E-state index < -0.39 is 0 Å². The molecule has 6 heteroatoms. The molecule has 0 unspecified atom stereocenters. The number of ether oxygens (including phenoxy) is 1. The average Bonchev–Trinajstić information content (AvgIpc) is 3.35. The van der Waals surface area contributed by atoms with Crippen LogP contribution in [-0.4, -0.2) is 22.2 Å². The predicted molar refractivity (Wildman–Crippen MR) is 102 cm³/mol. The van der Waals surface area contributed by atoms with Gasteiger partial charge in [0, 0.05) is 16.8 Å². The highest BCUT2D eigenvalue weighted by Crippen LogP contribution is 2.25. The molecule has 2 aromatic carbocycles. The molecule has 1 aromatic heterocycles. The molecule has 4 rings (SSSR count). The molecule has 1 fully saturated rings. The van der Waals surface area contributed by atoms with Gasteiger partial charge in [-0.15, -0.1) is 0 Å². The molecule has 1 aliphatic carbocycles. The molecular weight excluding hydrogens is 342 g/mol. The smallest absolute Gasteiger partial charge is 0.257 e. The maximum atomic E-state index is 12.4. The average molecular weight is 363 g/mol. The molecule has 1 amide bonds. The lowest BCUT2D eigenvalue weighted by molar-refractivity contribution is 0.102. The molecule has 138 valence electrons. The Balaban J connectivity index is 1.38. The summed E-state index contributed by atoms with van der Waals surface area (Å²) in [4.78, 5) is 16.6. The minimum Gasteiger partial charge on any atom is -0.490 e. The van der Waals surface area contributed by atoms with Gasteiger partial charge in [0.1, 0.15) is 5.75 Å². The number of aromatic nitrogens is 2. The summed E-state index contributed by atoms with van der Waals surface area (Å²) >= 11 is 0. The third kappa shape index (κ3) is 4.16. The van der Waals surface area contributed by atoms with Gasteiger partial charge in [0.25, 0.3) is 11.8 Å². The van der Waals surface area contributed by atoms with Crippen molar-refractivity contribution in [2.24, 2.45) is 0 Å². The van der Waals surface area contributed by atoms with Gasteiger partial charge in [0.05, 0.1) is 6.10 Å². The van der Waals surface area contributed by atoms with Gasteiger partial charge in [-0.25, -0.2) is 0 Å². The third-order valence-corrected chi connectivity index (χ3v) is 4.64. The van der Waals surface area contributed by atoms with Gasteiger partial charge in [-0.2, -0.15) is 4.98 Å². The molecule has 0 spiro atoms. The van der Waals surface area contributed by atoms with Crippen molar-refractivity contribution in [3.05, 3.63) is 59.9 Å². The zero-order valence-corrected chi connectivity index (χ0v) is 15.1. The number of carbonyl (C=O) groups is 1. The van der Waals surface area contributed by atoms with Crippen molar-refractivity contribution in [3.8, 4) is 17.2 Å². The van der Waals surface area contributed by atoms with Gasteiger partial charge in [0.15, 0.2) is 5.82 Å². The Bertz CT molecular complexity index is 911. The van der Waals surface area contributed by atoms with E-state index in [-0.39, 0.29) is 5.91 Å². The number of hydrogen-bond donors (Lipinski definition) is 1. The third-order valence-electron chi connectivity index (χ3n) is 4.64. The van der Waals surface area contributed by atoms with E-state index in [1.54, 1.807) is 31.2 Å². The summed E-state index contributed by atoms with van der Waals surface area (Å²) in [5.74, 6) is 1.69. The van der Waals surface area contributed by atoms with E-state index in [0.29, 0.717) is 23.4 Å². The quantitative estimate of drug-likeness (QED) is 0.716. The van der Waals surface area contributed by atoms with E-state index in [1.165, 1.54) is 12.8 Å². The summed E-state index contributed by atoms with van der Waals surface area (Å²) in [5, 5.41) is 6.67. The molecule has 1 aliphatic rings. The number of anilines is 1. The van der Waals surface area contributed by atoms with Crippen molar-refractivity contribution in [1.82, 2.24) is 10.1 Å². The lowest BCUT2D eigenvalue weighted by atomic mass is 10.1. The summed E-state index contributed by atoms with van der Waals surface area (Å²) in [5.41, 5.74) is 2.07. The molecule has 0 saturated heterocycles. The lowest BCUT2D eigenvalue weighted by Crippen LogP contribution is -2.12. The molecule has 0 aliphatic heterocycles. The van der Waals surface area contributed by atoms with Crippen LogP contribution in [0, 0.1) is 6.92 Å². The molecule has 0 atom stereocenters. The minimum absolute atomic E-state index is 0.173. The summed E-state index contributed by atoms with van der Waals surface area (Å²) in [6.07, 6.45) is 5.05. The fourth-order valence-electron chi connectivity index (χ4n) is 3.20. The summed E-state index contributed by atoms with van der Waals surface area (Å²) < 4.78 is 11.1. The van der Waals surface area contributed by atoms with Crippen LogP contribution in [0.2, 0.25) is 0 Å². The van der Waals surface area contributed by atoms with Gasteiger partial charge in [-0.3, -0.25) is 4.79 Å². The van der Waals surface area contributed by atoms with Crippen LogP contribution in [-0.2, 0) is 0 Å². The Kier molecular flexibility index (Phi) is 4.87. The Morgan fingerprint density at radius 3 is 2.41 bits per heavy atom. The van der Waals surface area contributed by atoms with Crippen molar-refractivity contribution < 1.29 is 14.1 Å². The van der Waals surface area contributed by atoms with Crippen LogP contribution in [0.1, 0.15) is 41.9 Å². The molecule has 1 N–H and O–H groups in total. The monoisotopic (exact) mass is 363 g/mol. The maximum absolute atomic E-state index is 12.4. The van der Waals surface area contributed by atoms with Gasteiger partial charge < -0.3 is 14.6 Å². The van der Waals surface area contributed by atoms with Crippen molar-refractivity contribution in [1.29, 1.82) is 0 Å². The minimum atomic E-state index is -0.173. The molecule has 27 heavy (non-hydrogen) atoms. The SMILES string of the molecule is Cc1noc(-c2ccc(C(=O)Nc3ccc(OC4CCCC4)cc3)cc2)n1. The van der Waals surface area contributed by atoms with Crippen LogP contribution in [0.4, 0.5) is 5.69 Å². The highest BCUT2D eigenvalue weighted by molar-refractivity contribution is 6.04. The van der Waals surface area contributed by atoms with Crippen LogP contribution < -0.4 is 10.1 Å². The van der Waals surface area contributed by atoms with Crippen LogP contribution in [0.15, 0.2) is 53.1 Å². The molecule has 1 heterocycles. The summed E-state index contributed by atoms with van der Waals surface area (Å²) in [6.45, 7) is 1.76. The van der Waals surface area contributed by atoms with E-state index in [9.17, 15) is 4.79 Å². The number of amides is 1. The first-order valence-corrected chi connectivity index (χ1v) is 9.16. The summed E-state index contributed by atoms with van der Waals surface area (Å²) in [7, 11) is 0. The van der Waals surface area contributed by atoms with E-state index >= 15 is 0 Å². The number of rotatable bonds is 5. The summed E-state index contributed by atoms with van der Waals surface area (Å²) in [6, 6.07) is 14.6. The Morgan fingerprint density at radius 1 is 1.07 bits per heavy atom. The second kappa shape index (κ2) is 7.61. The molecule has 0 bridgehead atoms. The number of nitrogens with one attached hydrogen (secondary N) is 1. The van der Waals surface area contributed by atoms with Crippen molar-refractivity contribution >= 4 is 11.6 Å².